The van der Waals surface area contributed by atoms with Crippen molar-refractivity contribution < 1.29 is 14.6 Å². The van der Waals surface area contributed by atoms with Crippen LogP contribution in [0.4, 0.5) is 0 Å². The van der Waals surface area contributed by atoms with Crippen LogP contribution in [0.3, 0.4) is 0 Å². The highest BCUT2D eigenvalue weighted by atomic mass is 16.6. The number of ether oxygens (including phenoxy) is 2. The second kappa shape index (κ2) is 4.66. The van der Waals surface area contributed by atoms with Crippen molar-refractivity contribution in [2.45, 2.75) is 26.6 Å². The number of aliphatic hydroxyl groups is 1. The van der Waals surface area contributed by atoms with E-state index in [2.05, 4.69) is 0 Å². The molecule has 0 fully saturated rings. The fraction of sp³-hybridized carbons (Fsp3) is 1.00. The highest BCUT2D eigenvalue weighted by Gasteiger charge is 2.10. The minimum atomic E-state index is -1.03. The van der Waals surface area contributed by atoms with Crippen LogP contribution in [0.5, 0.6) is 0 Å². The van der Waals surface area contributed by atoms with Crippen molar-refractivity contribution in [3.63, 3.8) is 0 Å². The van der Waals surface area contributed by atoms with Crippen molar-refractivity contribution in [3.05, 3.63) is 0 Å². The lowest BCUT2D eigenvalue weighted by Gasteiger charge is -2.17. The maximum absolute atomic E-state index is 9.04. The zero-order valence-electron chi connectivity index (χ0n) is 6.89. The summed E-state index contributed by atoms with van der Waals surface area (Å²) in [6.45, 7) is 6.79. The average molecular weight is 148 g/mol. The molecule has 0 aliphatic heterocycles. The van der Waals surface area contributed by atoms with Gasteiger partial charge < -0.3 is 14.6 Å². The smallest absolute Gasteiger partial charge is 0.159 e. The number of hydrogen-bond acceptors (Lipinski definition) is 3. The SMILES string of the molecule is CCOCCOC(C)(C)O. The maximum atomic E-state index is 9.04. The molecule has 0 spiro atoms. The van der Waals surface area contributed by atoms with Crippen molar-refractivity contribution in [2.75, 3.05) is 19.8 Å². The summed E-state index contributed by atoms with van der Waals surface area (Å²) in [5.74, 6) is -1.03. The van der Waals surface area contributed by atoms with Gasteiger partial charge in [-0.1, -0.05) is 0 Å². The topological polar surface area (TPSA) is 38.7 Å². The Balaban J connectivity index is 3.04. The molecule has 0 rings (SSSR count). The molecule has 0 unspecified atom stereocenters. The first-order valence-electron chi connectivity index (χ1n) is 3.50. The summed E-state index contributed by atoms with van der Waals surface area (Å²) < 4.78 is 9.95. The molecule has 0 saturated heterocycles. The summed E-state index contributed by atoms with van der Waals surface area (Å²) in [6, 6.07) is 0. The van der Waals surface area contributed by atoms with Crippen molar-refractivity contribution in [3.8, 4) is 0 Å². The van der Waals surface area contributed by atoms with Crippen LogP contribution < -0.4 is 0 Å². The second-order valence-corrected chi connectivity index (χ2v) is 2.49. The minimum absolute atomic E-state index is 0.442. The van der Waals surface area contributed by atoms with E-state index in [0.29, 0.717) is 19.8 Å². The van der Waals surface area contributed by atoms with E-state index in [1.54, 1.807) is 13.8 Å². The minimum Gasteiger partial charge on any atom is -0.379 e. The molecule has 0 saturated carbocycles. The van der Waals surface area contributed by atoms with E-state index >= 15 is 0 Å². The average Bonchev–Trinajstić information content (AvgIpc) is 1.78. The first-order chi connectivity index (χ1) is 4.56. The Morgan fingerprint density at radius 1 is 1.30 bits per heavy atom. The third-order valence-corrected chi connectivity index (χ3v) is 0.887. The van der Waals surface area contributed by atoms with Crippen molar-refractivity contribution in [1.29, 1.82) is 0 Å². The van der Waals surface area contributed by atoms with E-state index in [-0.39, 0.29) is 0 Å². The molecule has 62 valence electrons. The Kier molecular flexibility index (Phi) is 4.60. The Morgan fingerprint density at radius 2 is 1.90 bits per heavy atom. The van der Waals surface area contributed by atoms with Gasteiger partial charge in [0, 0.05) is 6.61 Å². The summed E-state index contributed by atoms with van der Waals surface area (Å²) in [7, 11) is 0. The predicted molar refractivity (Wildman–Crippen MR) is 38.7 cm³/mol. The van der Waals surface area contributed by atoms with Crippen molar-refractivity contribution in [2.24, 2.45) is 0 Å². The van der Waals surface area contributed by atoms with Crippen LogP contribution in [0.2, 0.25) is 0 Å². The molecule has 0 amide bonds. The lowest BCUT2D eigenvalue weighted by Crippen LogP contribution is -2.25. The quantitative estimate of drug-likeness (QED) is 0.462. The van der Waals surface area contributed by atoms with Gasteiger partial charge in [-0.05, 0) is 20.8 Å². The molecule has 3 heteroatoms. The normalized spacial score (nSPS) is 12.0. The van der Waals surface area contributed by atoms with Gasteiger partial charge in [0.1, 0.15) is 0 Å². The Bertz CT molecular complexity index is 75.4. The van der Waals surface area contributed by atoms with E-state index in [0.717, 1.165) is 0 Å². The third-order valence-electron chi connectivity index (χ3n) is 0.887. The molecule has 0 aromatic rings. The van der Waals surface area contributed by atoms with Gasteiger partial charge in [0.05, 0.1) is 13.2 Å². The zero-order chi connectivity index (χ0) is 8.04. The molecule has 0 aromatic carbocycles. The van der Waals surface area contributed by atoms with Gasteiger partial charge in [-0.15, -0.1) is 0 Å². The molecule has 0 aliphatic rings. The summed E-state index contributed by atoms with van der Waals surface area (Å²) in [4.78, 5) is 0. The Labute approximate surface area is 62.0 Å². The van der Waals surface area contributed by atoms with Crippen molar-refractivity contribution in [1.82, 2.24) is 0 Å². The highest BCUT2D eigenvalue weighted by Crippen LogP contribution is 2.01. The van der Waals surface area contributed by atoms with Crippen LogP contribution in [-0.4, -0.2) is 30.7 Å². The lowest BCUT2D eigenvalue weighted by molar-refractivity contribution is -0.182. The van der Waals surface area contributed by atoms with E-state index < -0.39 is 5.79 Å². The molecule has 0 aromatic heterocycles. The molecule has 0 aliphatic carbocycles. The fourth-order valence-electron chi connectivity index (χ4n) is 0.495. The molecule has 3 nitrogen and oxygen atoms in total. The molecule has 0 bridgehead atoms. The van der Waals surface area contributed by atoms with Gasteiger partial charge in [-0.3, -0.25) is 0 Å². The largest absolute Gasteiger partial charge is 0.379 e. The highest BCUT2D eigenvalue weighted by molar-refractivity contribution is 4.46. The van der Waals surface area contributed by atoms with E-state index in [1.807, 2.05) is 6.92 Å². The lowest BCUT2D eigenvalue weighted by atomic mass is 10.4. The molecular formula is C7H16O3. The van der Waals surface area contributed by atoms with E-state index in [9.17, 15) is 0 Å². The summed E-state index contributed by atoms with van der Waals surface area (Å²) in [5, 5.41) is 9.04. The van der Waals surface area contributed by atoms with Crippen LogP contribution in [0.25, 0.3) is 0 Å². The predicted octanol–water partition coefficient (Wildman–Crippen LogP) is 0.768. The van der Waals surface area contributed by atoms with Gasteiger partial charge in [0.25, 0.3) is 0 Å². The molecular weight excluding hydrogens is 132 g/mol. The van der Waals surface area contributed by atoms with Gasteiger partial charge in [0.15, 0.2) is 5.79 Å². The number of rotatable bonds is 5. The summed E-state index contributed by atoms with van der Waals surface area (Å²) in [5.41, 5.74) is 0. The van der Waals surface area contributed by atoms with Crippen LogP contribution in [-0.2, 0) is 9.47 Å². The number of hydrogen-bond donors (Lipinski definition) is 1. The van der Waals surface area contributed by atoms with Crippen LogP contribution in [0, 0.1) is 0 Å². The van der Waals surface area contributed by atoms with Crippen molar-refractivity contribution >= 4 is 0 Å². The van der Waals surface area contributed by atoms with Crippen LogP contribution >= 0.6 is 0 Å². The first-order valence-corrected chi connectivity index (χ1v) is 3.50. The third kappa shape index (κ3) is 7.88. The zero-order valence-corrected chi connectivity index (χ0v) is 6.89. The molecule has 0 heterocycles. The monoisotopic (exact) mass is 148 g/mol. The molecule has 10 heavy (non-hydrogen) atoms. The summed E-state index contributed by atoms with van der Waals surface area (Å²) >= 11 is 0. The summed E-state index contributed by atoms with van der Waals surface area (Å²) in [6.07, 6.45) is 0. The second-order valence-electron chi connectivity index (χ2n) is 2.49. The molecule has 0 radical (unpaired) electrons. The fourth-order valence-corrected chi connectivity index (χ4v) is 0.495. The van der Waals surface area contributed by atoms with Crippen LogP contribution in [0.1, 0.15) is 20.8 Å². The Hall–Kier alpha value is -0.120. The van der Waals surface area contributed by atoms with E-state index in [4.69, 9.17) is 14.6 Å². The van der Waals surface area contributed by atoms with Gasteiger partial charge in [0.2, 0.25) is 0 Å². The Morgan fingerprint density at radius 3 is 2.30 bits per heavy atom. The van der Waals surface area contributed by atoms with E-state index in [1.165, 1.54) is 0 Å². The van der Waals surface area contributed by atoms with Crippen LogP contribution in [0.15, 0.2) is 0 Å². The first kappa shape index (κ1) is 9.88. The van der Waals surface area contributed by atoms with Gasteiger partial charge in [-0.2, -0.15) is 0 Å². The standard InChI is InChI=1S/C7H16O3/c1-4-9-5-6-10-7(2,3)8/h8H,4-6H2,1-3H3. The van der Waals surface area contributed by atoms with Gasteiger partial charge >= 0.3 is 0 Å². The molecule has 0 atom stereocenters. The molecule has 1 N–H and O–H groups in total. The van der Waals surface area contributed by atoms with Gasteiger partial charge in [-0.25, -0.2) is 0 Å². The maximum Gasteiger partial charge on any atom is 0.159 e.